The van der Waals surface area contributed by atoms with Crippen LogP contribution in [0.1, 0.15) is 5.56 Å². The van der Waals surface area contributed by atoms with Crippen LogP contribution in [0.4, 0.5) is 4.39 Å². The van der Waals surface area contributed by atoms with Crippen molar-refractivity contribution in [3.05, 3.63) is 29.6 Å². The number of rotatable bonds is 5. The monoisotopic (exact) mass is 282 g/mol. The molecule has 7 heteroatoms. The third-order valence-corrected chi connectivity index (χ3v) is 3.54. The van der Waals surface area contributed by atoms with Gasteiger partial charge in [-0.2, -0.15) is 0 Å². The molecule has 0 amide bonds. The number of likely N-dealkylation sites (N-methyl/N-ethyl adjacent to an activating group) is 1. The summed E-state index contributed by atoms with van der Waals surface area (Å²) in [7, 11) is -2.04. The van der Waals surface area contributed by atoms with Gasteiger partial charge in [-0.25, -0.2) is 17.5 Å². The topological polar surface area (TPSA) is 58.2 Å². The molecule has 0 heterocycles. The molecule has 0 saturated carbocycles. The number of benzene rings is 1. The molecule has 0 unspecified atom stereocenters. The average Bonchev–Trinajstić information content (AvgIpc) is 2.17. The number of halogens is 2. The zero-order valence-corrected chi connectivity index (χ0v) is 11.3. The first-order valence-corrected chi connectivity index (χ1v) is 6.36. The van der Waals surface area contributed by atoms with Crippen molar-refractivity contribution in [3.8, 4) is 0 Å². The van der Waals surface area contributed by atoms with Crippen LogP contribution >= 0.6 is 12.4 Å². The summed E-state index contributed by atoms with van der Waals surface area (Å²) in [5.74, 6) is -0.725. The van der Waals surface area contributed by atoms with Crippen LogP contribution < -0.4 is 10.0 Å². The van der Waals surface area contributed by atoms with E-state index in [1.165, 1.54) is 12.1 Å². The molecule has 2 N–H and O–H groups in total. The van der Waals surface area contributed by atoms with E-state index in [-0.39, 0.29) is 23.8 Å². The number of aryl methyl sites for hydroxylation is 1. The van der Waals surface area contributed by atoms with E-state index < -0.39 is 15.8 Å². The Morgan fingerprint density at radius 1 is 1.29 bits per heavy atom. The van der Waals surface area contributed by atoms with Gasteiger partial charge < -0.3 is 5.32 Å². The maximum Gasteiger partial charge on any atom is 0.243 e. The Hall–Kier alpha value is -0.690. The molecule has 4 nitrogen and oxygen atoms in total. The first-order valence-electron chi connectivity index (χ1n) is 4.88. The van der Waals surface area contributed by atoms with Gasteiger partial charge in [0.2, 0.25) is 10.0 Å². The number of hydrogen-bond acceptors (Lipinski definition) is 3. The molecule has 0 radical (unpaired) electrons. The van der Waals surface area contributed by atoms with Crippen LogP contribution in [0.3, 0.4) is 0 Å². The Bertz CT molecular complexity index is 465. The summed E-state index contributed by atoms with van der Waals surface area (Å²) in [4.78, 5) is -0.311. The molecule has 1 rings (SSSR count). The van der Waals surface area contributed by atoms with Crippen molar-refractivity contribution >= 4 is 22.4 Å². The number of sulfonamides is 1. The second-order valence-electron chi connectivity index (χ2n) is 3.44. The smallest absolute Gasteiger partial charge is 0.243 e. The second kappa shape index (κ2) is 6.90. The van der Waals surface area contributed by atoms with Crippen LogP contribution in [0.25, 0.3) is 0 Å². The van der Waals surface area contributed by atoms with Gasteiger partial charge in [-0.15, -0.1) is 12.4 Å². The fourth-order valence-corrected chi connectivity index (χ4v) is 2.30. The lowest BCUT2D eigenvalue weighted by atomic mass is 10.2. The largest absolute Gasteiger partial charge is 0.318 e. The zero-order chi connectivity index (χ0) is 12.2. The van der Waals surface area contributed by atoms with Crippen molar-refractivity contribution < 1.29 is 12.8 Å². The van der Waals surface area contributed by atoms with Gasteiger partial charge in [0.05, 0.1) is 0 Å². The maximum atomic E-state index is 13.4. The van der Waals surface area contributed by atoms with Crippen LogP contribution in [0.2, 0.25) is 0 Å². The molecule has 0 aliphatic carbocycles. The van der Waals surface area contributed by atoms with Crippen molar-refractivity contribution in [1.82, 2.24) is 10.0 Å². The maximum absolute atomic E-state index is 13.4. The van der Waals surface area contributed by atoms with E-state index in [4.69, 9.17) is 0 Å². The van der Waals surface area contributed by atoms with Gasteiger partial charge in [-0.05, 0) is 31.7 Å². The summed E-state index contributed by atoms with van der Waals surface area (Å²) in [6.07, 6.45) is 0. The Morgan fingerprint density at radius 3 is 2.47 bits per heavy atom. The first kappa shape index (κ1) is 16.3. The van der Waals surface area contributed by atoms with Crippen molar-refractivity contribution in [2.45, 2.75) is 11.8 Å². The normalized spacial score (nSPS) is 11.0. The highest BCUT2D eigenvalue weighted by Gasteiger charge is 2.17. The lowest BCUT2D eigenvalue weighted by Gasteiger charge is -2.07. The molecule has 1 aromatic rings. The van der Waals surface area contributed by atoms with E-state index in [9.17, 15) is 12.8 Å². The molecular weight excluding hydrogens is 267 g/mol. The molecule has 0 aliphatic rings. The molecule has 0 aromatic heterocycles. The molecule has 1 aromatic carbocycles. The Balaban J connectivity index is 0.00000256. The minimum absolute atomic E-state index is 0. The molecule has 0 aliphatic heterocycles. The molecular formula is C10H16ClFN2O2S. The summed E-state index contributed by atoms with van der Waals surface area (Å²) in [5.41, 5.74) is 0.687. The highest BCUT2D eigenvalue weighted by Crippen LogP contribution is 2.15. The predicted molar refractivity (Wildman–Crippen MR) is 67.5 cm³/mol. The van der Waals surface area contributed by atoms with Crippen LogP contribution in [0.5, 0.6) is 0 Å². The Kier molecular flexibility index (Phi) is 6.62. The predicted octanol–water partition coefficient (Wildman–Crippen LogP) is 1.05. The number of nitrogens with one attached hydrogen (secondary N) is 2. The van der Waals surface area contributed by atoms with Crippen molar-refractivity contribution in [2.75, 3.05) is 20.1 Å². The summed E-state index contributed by atoms with van der Waals surface area (Å²) in [6, 6.07) is 4.04. The molecule has 0 fully saturated rings. The van der Waals surface area contributed by atoms with Crippen LogP contribution in [0, 0.1) is 12.7 Å². The quantitative estimate of drug-likeness (QED) is 0.794. The third kappa shape index (κ3) is 4.59. The highest BCUT2D eigenvalue weighted by atomic mass is 35.5. The second-order valence-corrected chi connectivity index (χ2v) is 5.17. The van der Waals surface area contributed by atoms with Crippen LogP contribution in [0.15, 0.2) is 23.1 Å². The summed E-state index contributed by atoms with van der Waals surface area (Å²) in [6.45, 7) is 2.42. The molecule has 17 heavy (non-hydrogen) atoms. The van der Waals surface area contributed by atoms with Gasteiger partial charge in [0.25, 0.3) is 0 Å². The van der Waals surface area contributed by atoms with E-state index in [1.807, 2.05) is 0 Å². The zero-order valence-electron chi connectivity index (χ0n) is 9.66. The fraction of sp³-hybridized carbons (Fsp3) is 0.400. The van der Waals surface area contributed by atoms with Gasteiger partial charge in [-0.3, -0.25) is 0 Å². The molecule has 98 valence electrons. The van der Waals surface area contributed by atoms with Gasteiger partial charge in [0.15, 0.2) is 0 Å². The van der Waals surface area contributed by atoms with Crippen molar-refractivity contribution in [1.29, 1.82) is 0 Å². The minimum atomic E-state index is -3.74. The van der Waals surface area contributed by atoms with E-state index in [2.05, 4.69) is 10.0 Å². The standard InChI is InChI=1S/C10H15FN2O2S.ClH/c1-8-3-4-10(9(11)7-8)16(14,15)13-6-5-12-2;/h3-4,7,12-13H,5-6H2,1-2H3;1H. The SMILES string of the molecule is CNCCNS(=O)(=O)c1ccc(C)cc1F.Cl. The van der Waals surface area contributed by atoms with E-state index in [1.54, 1.807) is 20.0 Å². The van der Waals surface area contributed by atoms with E-state index in [0.717, 1.165) is 0 Å². The molecule has 0 bridgehead atoms. The fourth-order valence-electron chi connectivity index (χ4n) is 1.21. The minimum Gasteiger partial charge on any atom is -0.318 e. The highest BCUT2D eigenvalue weighted by molar-refractivity contribution is 7.89. The Morgan fingerprint density at radius 2 is 1.94 bits per heavy atom. The lowest BCUT2D eigenvalue weighted by Crippen LogP contribution is -2.31. The lowest BCUT2D eigenvalue weighted by molar-refractivity contribution is 0.555. The van der Waals surface area contributed by atoms with Crippen molar-refractivity contribution in [3.63, 3.8) is 0 Å². The Labute approximate surface area is 107 Å². The first-order chi connectivity index (χ1) is 7.47. The van der Waals surface area contributed by atoms with E-state index in [0.29, 0.717) is 12.1 Å². The van der Waals surface area contributed by atoms with E-state index >= 15 is 0 Å². The summed E-state index contributed by atoms with van der Waals surface area (Å²) < 4.78 is 39.0. The number of hydrogen-bond donors (Lipinski definition) is 2. The van der Waals surface area contributed by atoms with Crippen LogP contribution in [-0.4, -0.2) is 28.6 Å². The average molecular weight is 283 g/mol. The van der Waals surface area contributed by atoms with Crippen molar-refractivity contribution in [2.24, 2.45) is 0 Å². The van der Waals surface area contributed by atoms with Crippen LogP contribution in [-0.2, 0) is 10.0 Å². The molecule has 0 atom stereocenters. The van der Waals surface area contributed by atoms with Gasteiger partial charge >= 0.3 is 0 Å². The van der Waals surface area contributed by atoms with Gasteiger partial charge in [0.1, 0.15) is 10.7 Å². The van der Waals surface area contributed by atoms with Gasteiger partial charge in [0, 0.05) is 13.1 Å². The molecule has 0 saturated heterocycles. The summed E-state index contributed by atoms with van der Waals surface area (Å²) in [5, 5.41) is 2.79. The van der Waals surface area contributed by atoms with Gasteiger partial charge in [-0.1, -0.05) is 6.07 Å². The third-order valence-electron chi connectivity index (χ3n) is 2.04. The molecule has 0 spiro atoms. The summed E-state index contributed by atoms with van der Waals surface area (Å²) >= 11 is 0.